The number of phenolic OH excluding ortho intramolecular Hbond substituents is 1. The van der Waals surface area contributed by atoms with Gasteiger partial charge in [0.2, 0.25) is 0 Å². The maximum atomic E-state index is 12.0. The lowest BCUT2D eigenvalue weighted by atomic mass is 10.2. The number of aromatic hydroxyl groups is 1. The number of aromatic nitrogens is 1. The molecule has 0 atom stereocenters. The van der Waals surface area contributed by atoms with Gasteiger partial charge in [-0.1, -0.05) is 11.6 Å². The molecule has 0 saturated carbocycles. The Hall–Kier alpha value is -1.68. The predicted octanol–water partition coefficient (Wildman–Crippen LogP) is 3.78. The maximum Gasteiger partial charge on any atom is 0.418 e. The van der Waals surface area contributed by atoms with E-state index in [0.29, 0.717) is 10.9 Å². The number of hydrogen-bond donors (Lipinski definition) is 1. The molecule has 1 N–H and O–H groups in total. The third-order valence-corrected chi connectivity index (χ3v) is 2.77. The summed E-state index contributed by atoms with van der Waals surface area (Å²) in [6, 6.07) is 4.74. The van der Waals surface area contributed by atoms with E-state index in [4.69, 9.17) is 16.3 Å². The third kappa shape index (κ3) is 2.29. The highest BCUT2D eigenvalue weighted by molar-refractivity contribution is 6.37. The van der Waals surface area contributed by atoms with Crippen molar-refractivity contribution in [3.8, 4) is 5.75 Å². The average molecular weight is 268 g/mol. The Bertz CT molecular complexity index is 610. The number of ether oxygens (including phenoxy) is 1. The van der Waals surface area contributed by atoms with Crippen LogP contribution in [0.2, 0.25) is 5.02 Å². The van der Waals surface area contributed by atoms with Crippen LogP contribution in [0.5, 0.6) is 5.75 Å². The van der Waals surface area contributed by atoms with Crippen molar-refractivity contribution in [2.24, 2.45) is 0 Å². The fourth-order valence-electron chi connectivity index (χ4n) is 1.64. The lowest BCUT2D eigenvalue weighted by molar-refractivity contribution is 0.0544. The Balaban J connectivity index is 2.48. The Kier molecular flexibility index (Phi) is 2.99. The monoisotopic (exact) mass is 267 g/mol. The number of halogens is 1. The van der Waals surface area contributed by atoms with Gasteiger partial charge in [-0.05, 0) is 39.0 Å². The fourth-order valence-corrected chi connectivity index (χ4v) is 1.86. The van der Waals surface area contributed by atoms with Crippen LogP contribution in [0.3, 0.4) is 0 Å². The van der Waals surface area contributed by atoms with E-state index in [1.165, 1.54) is 10.6 Å². The fraction of sp³-hybridized carbons (Fsp3) is 0.308. The molecule has 0 aliphatic rings. The van der Waals surface area contributed by atoms with Crippen molar-refractivity contribution in [2.45, 2.75) is 26.4 Å². The second-order valence-electron chi connectivity index (χ2n) is 5.00. The minimum Gasteiger partial charge on any atom is -0.506 e. The van der Waals surface area contributed by atoms with Crippen LogP contribution in [0.1, 0.15) is 20.8 Å². The summed E-state index contributed by atoms with van der Waals surface area (Å²) in [7, 11) is 0. The van der Waals surface area contributed by atoms with Gasteiger partial charge in [0.1, 0.15) is 11.4 Å². The van der Waals surface area contributed by atoms with Crippen LogP contribution in [0.4, 0.5) is 4.79 Å². The number of rotatable bonds is 0. The van der Waals surface area contributed by atoms with Crippen LogP contribution >= 0.6 is 11.6 Å². The number of carbonyl (C=O) groups excluding carboxylic acids is 1. The molecule has 0 unspecified atom stereocenters. The smallest absolute Gasteiger partial charge is 0.418 e. The van der Waals surface area contributed by atoms with Crippen molar-refractivity contribution in [1.82, 2.24) is 4.57 Å². The predicted molar refractivity (Wildman–Crippen MR) is 70.2 cm³/mol. The molecule has 0 saturated heterocycles. The number of phenols is 1. The van der Waals surface area contributed by atoms with Gasteiger partial charge in [-0.15, -0.1) is 0 Å². The van der Waals surface area contributed by atoms with E-state index in [1.54, 1.807) is 39.1 Å². The molecule has 0 aliphatic heterocycles. The summed E-state index contributed by atoms with van der Waals surface area (Å²) >= 11 is 5.96. The summed E-state index contributed by atoms with van der Waals surface area (Å²) in [6.45, 7) is 5.40. The zero-order valence-corrected chi connectivity index (χ0v) is 11.2. The molecule has 5 heteroatoms. The molecule has 0 aliphatic carbocycles. The highest BCUT2D eigenvalue weighted by Gasteiger charge is 2.19. The minimum atomic E-state index is -0.561. The quantitative estimate of drug-likeness (QED) is 0.790. The van der Waals surface area contributed by atoms with Crippen molar-refractivity contribution >= 4 is 28.6 Å². The first-order chi connectivity index (χ1) is 8.29. The second-order valence-corrected chi connectivity index (χ2v) is 5.38. The van der Waals surface area contributed by atoms with Crippen molar-refractivity contribution in [3.05, 3.63) is 29.4 Å². The summed E-state index contributed by atoms with van der Waals surface area (Å²) in [6.07, 6.45) is 1.10. The molecule has 2 aromatic rings. The van der Waals surface area contributed by atoms with Crippen LogP contribution in [0, 0.1) is 0 Å². The standard InChI is InChI=1S/C13H14ClNO3/c1-13(2,3)18-12(17)15-7-6-8-9(15)4-5-10(16)11(8)14/h4-7,16H,1-3H3. The van der Waals surface area contributed by atoms with Crippen molar-refractivity contribution in [1.29, 1.82) is 0 Å². The summed E-state index contributed by atoms with van der Waals surface area (Å²) in [5, 5.41) is 10.3. The molecule has 18 heavy (non-hydrogen) atoms. The van der Waals surface area contributed by atoms with Crippen molar-refractivity contribution in [2.75, 3.05) is 0 Å². The molecular weight excluding hydrogens is 254 g/mol. The molecular formula is C13H14ClNO3. The molecule has 4 nitrogen and oxygen atoms in total. The van der Waals surface area contributed by atoms with Gasteiger partial charge >= 0.3 is 6.09 Å². The van der Waals surface area contributed by atoms with Gasteiger partial charge in [-0.2, -0.15) is 0 Å². The number of fused-ring (bicyclic) bond motifs is 1. The summed E-state index contributed by atoms with van der Waals surface area (Å²) < 4.78 is 6.65. The average Bonchev–Trinajstić information content (AvgIpc) is 2.65. The number of benzene rings is 1. The summed E-state index contributed by atoms with van der Waals surface area (Å²) in [5.41, 5.74) is 0.0426. The van der Waals surface area contributed by atoms with Gasteiger partial charge in [0.25, 0.3) is 0 Å². The molecule has 0 amide bonds. The van der Waals surface area contributed by atoms with E-state index < -0.39 is 11.7 Å². The number of carbonyl (C=O) groups is 1. The molecule has 0 radical (unpaired) electrons. The molecule has 0 spiro atoms. The SMILES string of the molecule is CC(C)(C)OC(=O)n1ccc2c(Cl)c(O)ccc21. The highest BCUT2D eigenvalue weighted by atomic mass is 35.5. The minimum absolute atomic E-state index is 0.00824. The summed E-state index contributed by atoms with van der Waals surface area (Å²) in [5.74, 6) is -0.00824. The van der Waals surface area contributed by atoms with Crippen LogP contribution in [-0.2, 0) is 4.74 Å². The third-order valence-electron chi connectivity index (χ3n) is 2.38. The lowest BCUT2D eigenvalue weighted by Crippen LogP contribution is -2.26. The van der Waals surface area contributed by atoms with Crippen LogP contribution in [-0.4, -0.2) is 21.4 Å². The van der Waals surface area contributed by atoms with Crippen molar-refractivity contribution < 1.29 is 14.6 Å². The van der Waals surface area contributed by atoms with Crippen molar-refractivity contribution in [3.63, 3.8) is 0 Å². The number of hydrogen-bond acceptors (Lipinski definition) is 3. The van der Waals surface area contributed by atoms with E-state index in [9.17, 15) is 9.90 Å². The zero-order chi connectivity index (χ0) is 13.5. The molecule has 0 bridgehead atoms. The Morgan fingerprint density at radius 2 is 2.00 bits per heavy atom. The normalized spacial score (nSPS) is 11.8. The zero-order valence-electron chi connectivity index (χ0n) is 10.4. The van der Waals surface area contributed by atoms with E-state index in [1.807, 2.05) is 0 Å². The Labute approximate surface area is 110 Å². The van der Waals surface area contributed by atoms with Gasteiger partial charge in [0, 0.05) is 11.6 Å². The molecule has 1 heterocycles. The van der Waals surface area contributed by atoms with Gasteiger partial charge in [-0.25, -0.2) is 4.79 Å². The van der Waals surface area contributed by atoms with Gasteiger partial charge in [0.15, 0.2) is 0 Å². The van der Waals surface area contributed by atoms with E-state index in [2.05, 4.69) is 0 Å². The van der Waals surface area contributed by atoms with E-state index >= 15 is 0 Å². The Morgan fingerprint density at radius 1 is 1.33 bits per heavy atom. The summed E-state index contributed by atoms with van der Waals surface area (Å²) in [4.78, 5) is 12.0. The largest absolute Gasteiger partial charge is 0.506 e. The second kappa shape index (κ2) is 4.21. The van der Waals surface area contributed by atoms with Gasteiger partial charge < -0.3 is 9.84 Å². The van der Waals surface area contributed by atoms with Crippen LogP contribution in [0.15, 0.2) is 24.4 Å². The first-order valence-electron chi connectivity index (χ1n) is 5.51. The van der Waals surface area contributed by atoms with Crippen LogP contribution < -0.4 is 0 Å². The molecule has 2 rings (SSSR count). The Morgan fingerprint density at radius 3 is 2.61 bits per heavy atom. The van der Waals surface area contributed by atoms with E-state index in [0.717, 1.165) is 0 Å². The maximum absolute atomic E-state index is 12.0. The molecule has 96 valence electrons. The number of nitrogens with zero attached hydrogens (tertiary/aromatic N) is 1. The molecule has 1 aromatic carbocycles. The van der Waals surface area contributed by atoms with E-state index in [-0.39, 0.29) is 10.8 Å². The highest BCUT2D eigenvalue weighted by Crippen LogP contribution is 2.32. The first-order valence-corrected chi connectivity index (χ1v) is 5.89. The lowest BCUT2D eigenvalue weighted by Gasteiger charge is -2.19. The molecule has 1 aromatic heterocycles. The van der Waals surface area contributed by atoms with Gasteiger partial charge in [-0.3, -0.25) is 4.57 Å². The van der Waals surface area contributed by atoms with Gasteiger partial charge in [0.05, 0.1) is 10.5 Å². The first kappa shape index (κ1) is 12.8. The van der Waals surface area contributed by atoms with Crippen LogP contribution in [0.25, 0.3) is 10.9 Å². The topological polar surface area (TPSA) is 51.5 Å². The molecule has 0 fully saturated rings.